The number of fused-ring (bicyclic) bond motifs is 1. The van der Waals surface area contributed by atoms with Crippen molar-refractivity contribution in [3.8, 4) is 28.5 Å². The minimum absolute atomic E-state index is 0.370. The molecule has 4 aromatic rings. The maximum absolute atomic E-state index is 6.55. The summed E-state index contributed by atoms with van der Waals surface area (Å²) in [7, 11) is 5.55. The summed E-state index contributed by atoms with van der Waals surface area (Å²) in [5, 5.41) is 9.34. The molecule has 0 amide bonds. The van der Waals surface area contributed by atoms with Crippen molar-refractivity contribution >= 4 is 22.4 Å². The summed E-state index contributed by atoms with van der Waals surface area (Å²) in [4.78, 5) is 11.8. The molecule has 4 heterocycles. The highest BCUT2D eigenvalue weighted by atomic mass is 16.5. The molecule has 1 fully saturated rings. The van der Waals surface area contributed by atoms with Gasteiger partial charge in [-0.2, -0.15) is 10.1 Å². The number of aryl methyl sites for hydroxylation is 2. The second-order valence-corrected chi connectivity index (χ2v) is 9.03. The standard InChI is InChI=1S/C26H31N7O2/c1-15-6-7-21(34-5)16(2)24(15)35-26-23-19(10-22(31-26)33-9-8-18(14-33)28-3)20(12-29-25(23)27)17-11-30-32(4)13-17/h6-7,10-13,18,28H,8-9,14H2,1-5H3,(H2,27,29)/t18-/m1/s1. The van der Waals surface area contributed by atoms with E-state index in [1.54, 1.807) is 18.0 Å². The monoisotopic (exact) mass is 473 g/mol. The predicted octanol–water partition coefficient (Wildman–Crippen LogP) is 3.83. The highest BCUT2D eigenvalue weighted by Crippen LogP contribution is 2.42. The smallest absolute Gasteiger partial charge is 0.232 e. The number of aromatic nitrogens is 4. The highest BCUT2D eigenvalue weighted by molar-refractivity contribution is 6.05. The molecule has 3 aromatic heterocycles. The summed E-state index contributed by atoms with van der Waals surface area (Å²) < 4.78 is 13.9. The van der Waals surface area contributed by atoms with Crippen molar-refractivity contribution in [1.82, 2.24) is 25.1 Å². The summed E-state index contributed by atoms with van der Waals surface area (Å²) >= 11 is 0. The largest absolute Gasteiger partial charge is 0.496 e. The van der Waals surface area contributed by atoms with E-state index < -0.39 is 0 Å². The maximum Gasteiger partial charge on any atom is 0.232 e. The molecule has 1 atom stereocenters. The van der Waals surface area contributed by atoms with Gasteiger partial charge in [-0.15, -0.1) is 0 Å². The van der Waals surface area contributed by atoms with Crippen LogP contribution < -0.4 is 25.4 Å². The molecule has 182 valence electrons. The van der Waals surface area contributed by atoms with Crippen LogP contribution in [0, 0.1) is 13.8 Å². The van der Waals surface area contributed by atoms with E-state index in [1.807, 2.05) is 52.5 Å². The third kappa shape index (κ3) is 4.12. The van der Waals surface area contributed by atoms with Crippen LogP contribution in [0.1, 0.15) is 17.5 Å². The first-order chi connectivity index (χ1) is 16.9. The molecular weight excluding hydrogens is 442 g/mol. The van der Waals surface area contributed by atoms with Crippen LogP contribution >= 0.6 is 0 Å². The predicted molar refractivity (Wildman–Crippen MR) is 138 cm³/mol. The Morgan fingerprint density at radius 2 is 2.03 bits per heavy atom. The molecule has 0 unspecified atom stereocenters. The topological polar surface area (TPSA) is 103 Å². The fourth-order valence-electron chi connectivity index (χ4n) is 4.75. The highest BCUT2D eigenvalue weighted by Gasteiger charge is 2.25. The third-order valence-corrected chi connectivity index (χ3v) is 6.76. The van der Waals surface area contributed by atoms with Crippen molar-refractivity contribution in [1.29, 1.82) is 0 Å². The first kappa shape index (κ1) is 22.9. The van der Waals surface area contributed by atoms with E-state index in [-0.39, 0.29) is 0 Å². The molecule has 3 N–H and O–H groups in total. The maximum atomic E-state index is 6.55. The van der Waals surface area contributed by atoms with E-state index in [9.17, 15) is 0 Å². The van der Waals surface area contributed by atoms with Gasteiger partial charge in [0.2, 0.25) is 5.88 Å². The zero-order chi connectivity index (χ0) is 24.7. The van der Waals surface area contributed by atoms with Crippen LogP contribution in [-0.4, -0.2) is 53.0 Å². The Morgan fingerprint density at radius 1 is 1.20 bits per heavy atom. The van der Waals surface area contributed by atoms with Gasteiger partial charge in [0.05, 0.1) is 18.7 Å². The minimum Gasteiger partial charge on any atom is -0.496 e. The third-order valence-electron chi connectivity index (χ3n) is 6.76. The summed E-state index contributed by atoms with van der Waals surface area (Å²) in [6.07, 6.45) is 6.65. The van der Waals surface area contributed by atoms with Crippen LogP contribution in [-0.2, 0) is 7.05 Å². The normalized spacial score (nSPS) is 15.7. The lowest BCUT2D eigenvalue weighted by molar-refractivity contribution is 0.402. The number of nitrogens with zero attached hydrogens (tertiary/aromatic N) is 5. The number of rotatable bonds is 6. The van der Waals surface area contributed by atoms with Gasteiger partial charge in [-0.3, -0.25) is 4.68 Å². The number of nitrogens with two attached hydrogens (primary N) is 1. The average Bonchev–Trinajstić information content (AvgIpc) is 3.51. The average molecular weight is 474 g/mol. The summed E-state index contributed by atoms with van der Waals surface area (Å²) in [5.41, 5.74) is 10.2. The van der Waals surface area contributed by atoms with Gasteiger partial charge in [0.1, 0.15) is 23.1 Å². The van der Waals surface area contributed by atoms with E-state index in [2.05, 4.69) is 26.4 Å². The molecule has 0 saturated carbocycles. The first-order valence-corrected chi connectivity index (χ1v) is 11.7. The Bertz CT molecular complexity index is 1400. The van der Waals surface area contributed by atoms with Crippen molar-refractivity contribution in [2.24, 2.45) is 7.05 Å². The Morgan fingerprint density at radius 3 is 2.71 bits per heavy atom. The second kappa shape index (κ2) is 9.07. The SMILES string of the molecule is CN[C@@H]1CCN(c2cc3c(-c4cnn(C)c4)cnc(N)c3c(Oc3c(C)ccc(OC)c3C)n2)C1. The van der Waals surface area contributed by atoms with Crippen molar-refractivity contribution in [2.75, 3.05) is 37.9 Å². The molecule has 1 saturated heterocycles. The molecule has 35 heavy (non-hydrogen) atoms. The number of hydrogen-bond donors (Lipinski definition) is 2. The summed E-state index contributed by atoms with van der Waals surface area (Å²) in [6, 6.07) is 6.43. The molecule has 0 spiro atoms. The number of likely N-dealkylation sites (N-methyl/N-ethyl adjacent to an activating group) is 1. The summed E-state index contributed by atoms with van der Waals surface area (Å²) in [6.45, 7) is 5.76. The van der Waals surface area contributed by atoms with Gasteiger partial charge >= 0.3 is 0 Å². The Balaban J connectivity index is 1.73. The lowest BCUT2D eigenvalue weighted by Gasteiger charge is -2.21. The fraction of sp³-hybridized carbons (Fsp3) is 0.346. The lowest BCUT2D eigenvalue weighted by Crippen LogP contribution is -2.29. The number of anilines is 2. The zero-order valence-electron chi connectivity index (χ0n) is 20.8. The molecule has 1 aromatic carbocycles. The van der Waals surface area contributed by atoms with Crippen LogP contribution in [0.15, 0.2) is 36.8 Å². The van der Waals surface area contributed by atoms with Crippen molar-refractivity contribution in [3.05, 3.63) is 47.9 Å². The van der Waals surface area contributed by atoms with Gasteiger partial charge in [0.25, 0.3) is 0 Å². The number of methoxy groups -OCH3 is 1. The van der Waals surface area contributed by atoms with Gasteiger partial charge in [-0.25, -0.2) is 4.98 Å². The van der Waals surface area contributed by atoms with E-state index in [1.165, 1.54) is 0 Å². The van der Waals surface area contributed by atoms with Crippen LogP contribution in [0.2, 0.25) is 0 Å². The van der Waals surface area contributed by atoms with Crippen molar-refractivity contribution in [3.63, 3.8) is 0 Å². The molecule has 0 bridgehead atoms. The first-order valence-electron chi connectivity index (χ1n) is 11.7. The Labute approximate surface area is 204 Å². The number of ether oxygens (including phenoxy) is 2. The molecule has 1 aliphatic rings. The van der Waals surface area contributed by atoms with Crippen LogP contribution in [0.4, 0.5) is 11.6 Å². The van der Waals surface area contributed by atoms with Crippen molar-refractivity contribution in [2.45, 2.75) is 26.3 Å². The molecular formula is C26H31N7O2. The van der Waals surface area contributed by atoms with Crippen LogP contribution in [0.5, 0.6) is 17.4 Å². The molecule has 1 aliphatic heterocycles. The number of pyridine rings is 2. The molecule has 9 nitrogen and oxygen atoms in total. The Kier molecular flexibility index (Phi) is 5.94. The van der Waals surface area contributed by atoms with Gasteiger partial charge in [0, 0.05) is 60.6 Å². The number of hydrogen-bond acceptors (Lipinski definition) is 8. The van der Waals surface area contributed by atoms with Gasteiger partial charge < -0.3 is 25.4 Å². The van der Waals surface area contributed by atoms with Gasteiger partial charge in [0.15, 0.2) is 0 Å². The van der Waals surface area contributed by atoms with E-state index in [0.29, 0.717) is 28.9 Å². The van der Waals surface area contributed by atoms with E-state index in [0.717, 1.165) is 58.7 Å². The van der Waals surface area contributed by atoms with Crippen molar-refractivity contribution < 1.29 is 9.47 Å². The van der Waals surface area contributed by atoms with Gasteiger partial charge in [-0.1, -0.05) is 6.07 Å². The summed E-state index contributed by atoms with van der Waals surface area (Å²) in [5.74, 6) is 3.11. The number of nitrogen functional groups attached to an aromatic ring is 1. The minimum atomic E-state index is 0.370. The number of nitrogens with one attached hydrogen (secondary N) is 1. The Hall–Kier alpha value is -3.85. The quantitative estimate of drug-likeness (QED) is 0.436. The zero-order valence-corrected chi connectivity index (χ0v) is 20.8. The van der Waals surface area contributed by atoms with Crippen LogP contribution in [0.3, 0.4) is 0 Å². The molecule has 9 heteroatoms. The van der Waals surface area contributed by atoms with Crippen LogP contribution in [0.25, 0.3) is 21.9 Å². The second-order valence-electron chi connectivity index (χ2n) is 9.03. The lowest BCUT2D eigenvalue weighted by atomic mass is 10.0. The molecule has 0 radical (unpaired) electrons. The van der Waals surface area contributed by atoms with Gasteiger partial charge in [-0.05, 0) is 45.0 Å². The molecule has 0 aliphatic carbocycles. The van der Waals surface area contributed by atoms with E-state index >= 15 is 0 Å². The number of benzene rings is 1. The van der Waals surface area contributed by atoms with E-state index in [4.69, 9.17) is 20.2 Å². The fourth-order valence-corrected chi connectivity index (χ4v) is 4.75. The molecule has 5 rings (SSSR count).